The Morgan fingerprint density at radius 2 is 1.65 bits per heavy atom. The first-order valence-corrected chi connectivity index (χ1v) is 10.7. The Labute approximate surface area is 183 Å². The smallest absolute Gasteiger partial charge is 0.338 e. The van der Waals surface area contributed by atoms with Crippen molar-refractivity contribution in [3.63, 3.8) is 0 Å². The number of hydrogen-bond acceptors (Lipinski definition) is 6. The lowest BCUT2D eigenvalue weighted by molar-refractivity contribution is -0.138. The maximum Gasteiger partial charge on any atom is 0.338 e. The van der Waals surface area contributed by atoms with Gasteiger partial charge in [-0.25, -0.2) is 9.59 Å². The third-order valence-corrected chi connectivity index (χ3v) is 5.62. The minimum atomic E-state index is -0.479. The Bertz CT molecular complexity index is 909. The van der Waals surface area contributed by atoms with Crippen molar-refractivity contribution in [3.05, 3.63) is 65.2 Å². The molecule has 1 saturated carbocycles. The molecule has 1 aliphatic carbocycles. The summed E-state index contributed by atoms with van der Waals surface area (Å²) in [5, 5.41) is 0. The van der Waals surface area contributed by atoms with Crippen LogP contribution in [0.5, 0.6) is 0 Å². The highest BCUT2D eigenvalue weighted by atomic mass is 16.5. The largest absolute Gasteiger partial charge is 0.459 e. The Balaban J connectivity index is 1.47. The van der Waals surface area contributed by atoms with Crippen LogP contribution < -0.4 is 11.5 Å². The molecule has 1 aliphatic rings. The number of rotatable bonds is 7. The average Bonchev–Trinajstić information content (AvgIpc) is 2.76. The molecule has 1 fully saturated rings. The molecule has 0 atom stereocenters. The van der Waals surface area contributed by atoms with Crippen LogP contribution in [-0.4, -0.2) is 18.0 Å². The van der Waals surface area contributed by atoms with Gasteiger partial charge in [-0.15, -0.1) is 0 Å². The van der Waals surface area contributed by atoms with Crippen molar-refractivity contribution in [1.29, 1.82) is 0 Å². The molecule has 6 heteroatoms. The van der Waals surface area contributed by atoms with Gasteiger partial charge in [0.05, 0.1) is 5.56 Å². The molecule has 0 saturated heterocycles. The number of carbonyl (C=O) groups excluding carboxylic acids is 2. The fraction of sp³-hybridized carbons (Fsp3) is 0.360. The van der Waals surface area contributed by atoms with Gasteiger partial charge >= 0.3 is 11.9 Å². The van der Waals surface area contributed by atoms with E-state index in [1.165, 1.54) is 12.5 Å². The zero-order chi connectivity index (χ0) is 22.2. The number of nitrogens with two attached hydrogens (primary N) is 2. The van der Waals surface area contributed by atoms with Gasteiger partial charge in [-0.05, 0) is 79.1 Å². The third-order valence-electron chi connectivity index (χ3n) is 5.62. The van der Waals surface area contributed by atoms with Crippen molar-refractivity contribution >= 4 is 29.4 Å². The average molecular weight is 423 g/mol. The molecule has 0 radical (unpaired) electrons. The van der Waals surface area contributed by atoms with E-state index in [0.717, 1.165) is 42.7 Å². The van der Waals surface area contributed by atoms with Gasteiger partial charge in [0.2, 0.25) is 0 Å². The lowest BCUT2D eigenvalue weighted by atomic mass is 9.86. The summed E-state index contributed by atoms with van der Waals surface area (Å²) in [6.45, 7) is 2.30. The number of anilines is 2. The van der Waals surface area contributed by atoms with Gasteiger partial charge in [-0.3, -0.25) is 0 Å². The fourth-order valence-electron chi connectivity index (χ4n) is 3.80. The molecule has 0 amide bonds. The van der Waals surface area contributed by atoms with Crippen molar-refractivity contribution in [3.8, 4) is 0 Å². The van der Waals surface area contributed by atoms with Gasteiger partial charge in [0.15, 0.2) is 0 Å². The molecule has 0 unspecified atom stereocenters. The predicted molar refractivity (Wildman–Crippen MR) is 122 cm³/mol. The highest BCUT2D eigenvalue weighted by Crippen LogP contribution is 2.28. The van der Waals surface area contributed by atoms with Gasteiger partial charge in [0.25, 0.3) is 0 Å². The van der Waals surface area contributed by atoms with Gasteiger partial charge in [-0.1, -0.05) is 25.5 Å². The number of hydrogen-bond donors (Lipinski definition) is 2. The van der Waals surface area contributed by atoms with E-state index in [9.17, 15) is 9.59 Å². The Morgan fingerprint density at radius 1 is 1.00 bits per heavy atom. The fourth-order valence-corrected chi connectivity index (χ4v) is 3.80. The summed E-state index contributed by atoms with van der Waals surface area (Å²) in [5.74, 6) is -0.0138. The summed E-state index contributed by atoms with van der Waals surface area (Å²) in [6, 6.07) is 12.0. The van der Waals surface area contributed by atoms with E-state index in [-0.39, 0.29) is 18.7 Å². The van der Waals surface area contributed by atoms with Crippen LogP contribution in [0, 0.1) is 5.92 Å². The van der Waals surface area contributed by atoms with E-state index in [4.69, 9.17) is 20.9 Å². The van der Waals surface area contributed by atoms with E-state index >= 15 is 0 Å². The summed E-state index contributed by atoms with van der Waals surface area (Å²) in [7, 11) is 0. The van der Waals surface area contributed by atoms with E-state index in [1.54, 1.807) is 48.5 Å². The first-order valence-electron chi connectivity index (χ1n) is 10.7. The monoisotopic (exact) mass is 422 g/mol. The minimum absolute atomic E-state index is 0.0138. The van der Waals surface area contributed by atoms with Crippen LogP contribution in [0.1, 0.15) is 60.5 Å². The molecule has 0 heterocycles. The second-order valence-electron chi connectivity index (χ2n) is 8.03. The van der Waals surface area contributed by atoms with Crippen LogP contribution in [0.25, 0.3) is 6.08 Å². The summed E-state index contributed by atoms with van der Waals surface area (Å²) < 4.78 is 10.9. The summed E-state index contributed by atoms with van der Waals surface area (Å²) in [4.78, 5) is 24.3. The quantitative estimate of drug-likeness (QED) is 0.380. The summed E-state index contributed by atoms with van der Waals surface area (Å²) in [5.41, 5.74) is 14.5. The molecule has 0 aliphatic heterocycles. The molecule has 3 rings (SSSR count). The molecule has 31 heavy (non-hydrogen) atoms. The van der Waals surface area contributed by atoms with Crippen molar-refractivity contribution in [2.45, 2.75) is 51.7 Å². The minimum Gasteiger partial charge on any atom is -0.459 e. The summed E-state index contributed by atoms with van der Waals surface area (Å²) >= 11 is 0. The summed E-state index contributed by atoms with van der Waals surface area (Å²) in [6.07, 6.45) is 8.31. The van der Waals surface area contributed by atoms with Gasteiger partial charge < -0.3 is 20.9 Å². The molecule has 2 aromatic carbocycles. The predicted octanol–water partition coefficient (Wildman–Crippen LogP) is 4.73. The van der Waals surface area contributed by atoms with Crippen molar-refractivity contribution in [2.75, 3.05) is 11.5 Å². The number of carbonyl (C=O) groups is 2. The standard InChI is InChI=1S/C25H30N2O4/c1-2-17-5-10-23(11-6-17)31-25(29)20-8-3-18(4-9-20)7-12-24(28)30-16-19-13-21(26)15-22(27)14-19/h3-4,7-9,12-15,17,23H,2,5-6,10-11,16,26-27H2,1H3/b12-7+. The molecule has 0 bridgehead atoms. The lowest BCUT2D eigenvalue weighted by Gasteiger charge is -2.27. The van der Waals surface area contributed by atoms with Crippen LogP contribution in [0.4, 0.5) is 11.4 Å². The first kappa shape index (κ1) is 22.4. The number of esters is 2. The van der Waals surface area contributed by atoms with Crippen LogP contribution in [-0.2, 0) is 20.9 Å². The van der Waals surface area contributed by atoms with Crippen LogP contribution in [0.15, 0.2) is 48.5 Å². The molecule has 164 valence electrons. The Morgan fingerprint density at radius 3 is 2.26 bits per heavy atom. The molecule has 4 N–H and O–H groups in total. The Hall–Kier alpha value is -3.28. The second-order valence-corrected chi connectivity index (χ2v) is 8.03. The second kappa shape index (κ2) is 10.7. The Kier molecular flexibility index (Phi) is 7.70. The zero-order valence-corrected chi connectivity index (χ0v) is 17.9. The maximum absolute atomic E-state index is 12.4. The number of benzene rings is 2. The van der Waals surface area contributed by atoms with Gasteiger partial charge in [0.1, 0.15) is 12.7 Å². The number of nitrogen functional groups attached to an aromatic ring is 2. The van der Waals surface area contributed by atoms with Crippen molar-refractivity contribution in [1.82, 2.24) is 0 Å². The highest BCUT2D eigenvalue weighted by molar-refractivity contribution is 5.90. The van der Waals surface area contributed by atoms with E-state index < -0.39 is 5.97 Å². The van der Waals surface area contributed by atoms with Crippen LogP contribution in [0.2, 0.25) is 0 Å². The van der Waals surface area contributed by atoms with Crippen molar-refractivity contribution < 1.29 is 19.1 Å². The molecular formula is C25H30N2O4. The first-order chi connectivity index (χ1) is 14.9. The van der Waals surface area contributed by atoms with Crippen molar-refractivity contribution in [2.24, 2.45) is 5.92 Å². The lowest BCUT2D eigenvalue weighted by Crippen LogP contribution is -2.24. The maximum atomic E-state index is 12.4. The topological polar surface area (TPSA) is 105 Å². The van der Waals surface area contributed by atoms with Gasteiger partial charge in [-0.2, -0.15) is 0 Å². The highest BCUT2D eigenvalue weighted by Gasteiger charge is 2.23. The van der Waals surface area contributed by atoms with E-state index in [0.29, 0.717) is 16.9 Å². The number of ether oxygens (including phenoxy) is 2. The SMILES string of the molecule is CCC1CCC(OC(=O)c2ccc(/C=C/C(=O)OCc3cc(N)cc(N)c3)cc2)CC1. The van der Waals surface area contributed by atoms with Gasteiger partial charge in [0, 0.05) is 17.5 Å². The van der Waals surface area contributed by atoms with Crippen LogP contribution in [0.3, 0.4) is 0 Å². The molecule has 0 aromatic heterocycles. The molecule has 0 spiro atoms. The molecular weight excluding hydrogens is 392 g/mol. The molecule has 2 aromatic rings. The molecule has 6 nitrogen and oxygen atoms in total. The van der Waals surface area contributed by atoms with E-state index in [1.807, 2.05) is 0 Å². The van der Waals surface area contributed by atoms with Crippen LogP contribution >= 0.6 is 0 Å². The normalized spacial score (nSPS) is 18.6. The zero-order valence-electron chi connectivity index (χ0n) is 17.9. The third kappa shape index (κ3) is 6.88. The van der Waals surface area contributed by atoms with E-state index in [2.05, 4.69) is 6.92 Å².